The molecular weight excluding hydrogens is 606 g/mol. The minimum atomic E-state index is -1.93. The van der Waals surface area contributed by atoms with E-state index in [-0.39, 0.29) is 30.8 Å². The molecule has 2 aliphatic heterocycles. The van der Waals surface area contributed by atoms with Crippen LogP contribution in [0.15, 0.2) is 30.3 Å². The number of aliphatic hydroxyl groups is 4. The number of carbonyl (C=O) groups is 2. The van der Waals surface area contributed by atoms with Gasteiger partial charge in [-0.3, -0.25) is 14.5 Å². The van der Waals surface area contributed by atoms with Gasteiger partial charge in [0.25, 0.3) is 0 Å². The normalized spacial score (nSPS) is 43.0. The number of nitrogens with zero attached hydrogens (tertiary/aromatic N) is 1. The first-order valence-corrected chi connectivity index (χ1v) is 17.0. The Morgan fingerprint density at radius 1 is 0.979 bits per heavy atom. The van der Waals surface area contributed by atoms with E-state index in [2.05, 4.69) is 4.90 Å². The summed E-state index contributed by atoms with van der Waals surface area (Å²) in [6.07, 6.45) is -6.52. The van der Waals surface area contributed by atoms with Crippen molar-refractivity contribution in [3.63, 3.8) is 0 Å². The number of carbonyl (C=O) groups excluding carboxylic acids is 2. The molecule has 2 heterocycles. The highest BCUT2D eigenvalue weighted by Crippen LogP contribution is 2.39. The van der Waals surface area contributed by atoms with Gasteiger partial charge < -0.3 is 39.4 Å². The molecule has 0 unspecified atom stereocenters. The molecule has 0 aromatic heterocycles. The molecule has 47 heavy (non-hydrogen) atoms. The predicted octanol–water partition coefficient (Wildman–Crippen LogP) is 3.08. The Hall–Kier alpha value is -1.96. The third kappa shape index (κ3) is 8.80. The van der Waals surface area contributed by atoms with E-state index in [1.165, 1.54) is 21.0 Å². The minimum Gasteiger partial charge on any atom is -0.459 e. The third-order valence-corrected chi connectivity index (χ3v) is 10.7. The Morgan fingerprint density at radius 2 is 1.60 bits per heavy atom. The third-order valence-electron chi connectivity index (χ3n) is 10.7. The number of methoxy groups -OCH3 is 1. The van der Waals surface area contributed by atoms with Crippen LogP contribution in [0.25, 0.3) is 0 Å². The molecule has 0 bridgehead atoms. The van der Waals surface area contributed by atoms with E-state index >= 15 is 0 Å². The van der Waals surface area contributed by atoms with Gasteiger partial charge in [-0.05, 0) is 59.6 Å². The van der Waals surface area contributed by atoms with Crippen molar-refractivity contribution in [2.45, 2.75) is 141 Å². The lowest BCUT2D eigenvalue weighted by atomic mass is 9.74. The average molecular weight is 666 g/mol. The minimum absolute atomic E-state index is 0.120. The lowest BCUT2D eigenvalue weighted by Gasteiger charge is -2.48. The molecule has 11 heteroatoms. The van der Waals surface area contributed by atoms with Gasteiger partial charge in [-0.15, -0.1) is 0 Å². The summed E-state index contributed by atoms with van der Waals surface area (Å²) in [6, 6.07) is 9.64. The maximum absolute atomic E-state index is 13.7. The maximum atomic E-state index is 13.7. The van der Waals surface area contributed by atoms with E-state index < -0.39 is 77.7 Å². The topological polar surface area (TPSA) is 155 Å². The molecule has 1 aromatic rings. The molecule has 1 aromatic carbocycles. The number of rotatable bonds is 7. The Morgan fingerprint density at radius 3 is 2.17 bits per heavy atom. The van der Waals surface area contributed by atoms with Crippen molar-refractivity contribution >= 4 is 11.8 Å². The number of Topliss-reactive ketones (excluding diaryl/α,β-unsaturated/α-hetero) is 1. The van der Waals surface area contributed by atoms with E-state index in [1.54, 1.807) is 34.6 Å². The van der Waals surface area contributed by atoms with Crippen LogP contribution in [-0.4, -0.2) is 111 Å². The van der Waals surface area contributed by atoms with Gasteiger partial charge in [-0.1, -0.05) is 58.0 Å². The van der Waals surface area contributed by atoms with Gasteiger partial charge in [0.05, 0.1) is 35.9 Å². The van der Waals surface area contributed by atoms with Crippen molar-refractivity contribution in [2.24, 2.45) is 23.7 Å². The van der Waals surface area contributed by atoms with Crippen molar-refractivity contribution in [3.05, 3.63) is 35.9 Å². The average Bonchev–Trinajstić information content (AvgIpc) is 3.04. The molecule has 3 rings (SSSR count). The van der Waals surface area contributed by atoms with Crippen LogP contribution in [0.2, 0.25) is 0 Å². The summed E-state index contributed by atoms with van der Waals surface area (Å²) in [6.45, 7) is 13.9. The molecule has 2 aliphatic rings. The summed E-state index contributed by atoms with van der Waals surface area (Å²) in [5.41, 5.74) is -2.05. The molecular formula is C36H59NO10. The molecule has 11 nitrogen and oxygen atoms in total. The zero-order valence-electron chi connectivity index (χ0n) is 29.8. The van der Waals surface area contributed by atoms with E-state index in [0.29, 0.717) is 13.0 Å². The van der Waals surface area contributed by atoms with E-state index in [4.69, 9.17) is 18.9 Å². The van der Waals surface area contributed by atoms with Crippen LogP contribution < -0.4 is 0 Å². The lowest BCUT2D eigenvalue weighted by molar-refractivity contribution is -0.302. The first-order chi connectivity index (χ1) is 21.9. The van der Waals surface area contributed by atoms with Gasteiger partial charge in [-0.2, -0.15) is 0 Å². The Balaban J connectivity index is 2.01. The monoisotopic (exact) mass is 665 g/mol. The van der Waals surface area contributed by atoms with Crippen molar-refractivity contribution in [1.82, 2.24) is 4.90 Å². The number of aliphatic hydroxyl groups excluding tert-OH is 3. The van der Waals surface area contributed by atoms with Crippen LogP contribution in [0.4, 0.5) is 0 Å². The zero-order chi connectivity index (χ0) is 35.4. The van der Waals surface area contributed by atoms with Crippen molar-refractivity contribution in [3.8, 4) is 0 Å². The Kier molecular flexibility index (Phi) is 13.6. The van der Waals surface area contributed by atoms with Crippen LogP contribution in [0, 0.1) is 23.7 Å². The highest BCUT2D eigenvalue weighted by atomic mass is 16.7. The molecule has 0 spiro atoms. The number of ether oxygens (including phenoxy) is 4. The fraction of sp³-hybridized carbons (Fsp3) is 0.778. The standard InChI is InChI=1S/C36H59NO10/c1-11-27-36(8,43)31(41)22(4)28(38)20(2)18-35(7,44-10)32(23(5)29(39)24(6)33(42)46-27)47-34-30(40)26(17-21(3)45-34)37(9)19-25-15-13-12-14-16-25/h12-16,20-24,26-27,29-32,34,39-41,43H,11,17-19H2,1-10H3/t20-,21-,22+,23+,24-,26+,27-,29+,30-,31-,32-,34+,35+,36-/m1/s1. The van der Waals surface area contributed by atoms with Gasteiger partial charge in [0.15, 0.2) is 6.29 Å². The first kappa shape index (κ1) is 39.5. The Labute approximate surface area is 280 Å². The number of hydrogen-bond acceptors (Lipinski definition) is 11. The Bertz CT molecular complexity index is 1170. The highest BCUT2D eigenvalue weighted by Gasteiger charge is 2.52. The molecule has 0 radical (unpaired) electrons. The maximum Gasteiger partial charge on any atom is 0.311 e. The van der Waals surface area contributed by atoms with Gasteiger partial charge in [0.2, 0.25) is 0 Å². The van der Waals surface area contributed by atoms with Crippen LogP contribution in [0.1, 0.15) is 80.2 Å². The molecule has 2 saturated heterocycles. The number of hydrogen-bond donors (Lipinski definition) is 4. The van der Waals surface area contributed by atoms with E-state index in [0.717, 1.165) is 5.56 Å². The van der Waals surface area contributed by atoms with Gasteiger partial charge in [0, 0.05) is 37.5 Å². The summed E-state index contributed by atoms with van der Waals surface area (Å²) >= 11 is 0. The van der Waals surface area contributed by atoms with E-state index in [9.17, 15) is 30.0 Å². The van der Waals surface area contributed by atoms with Crippen LogP contribution >= 0.6 is 0 Å². The predicted molar refractivity (Wildman–Crippen MR) is 176 cm³/mol. The number of cyclic esters (lactones) is 1. The van der Waals surface area contributed by atoms with Gasteiger partial charge in [0.1, 0.15) is 23.6 Å². The fourth-order valence-electron chi connectivity index (χ4n) is 7.50. The summed E-state index contributed by atoms with van der Waals surface area (Å²) in [7, 11) is 3.43. The number of esters is 1. The number of ketones is 1. The lowest BCUT2D eigenvalue weighted by Crippen LogP contribution is -2.60. The van der Waals surface area contributed by atoms with Crippen LogP contribution in [0.5, 0.6) is 0 Å². The highest BCUT2D eigenvalue weighted by molar-refractivity contribution is 5.83. The fourth-order valence-corrected chi connectivity index (χ4v) is 7.50. The summed E-state index contributed by atoms with van der Waals surface area (Å²) in [5.74, 6) is -4.58. The van der Waals surface area contributed by atoms with E-state index in [1.807, 2.05) is 44.3 Å². The smallest absolute Gasteiger partial charge is 0.311 e. The summed E-state index contributed by atoms with van der Waals surface area (Å²) < 4.78 is 24.6. The summed E-state index contributed by atoms with van der Waals surface area (Å²) in [4.78, 5) is 29.2. The molecule has 4 N–H and O–H groups in total. The molecule has 14 atom stereocenters. The second-order valence-electron chi connectivity index (χ2n) is 14.5. The molecule has 0 aliphatic carbocycles. The van der Waals surface area contributed by atoms with Crippen molar-refractivity contribution in [1.29, 1.82) is 0 Å². The number of likely N-dealkylation sites (N-methyl/N-ethyl adjacent to an activating group) is 1. The first-order valence-electron chi connectivity index (χ1n) is 17.0. The number of benzene rings is 1. The second kappa shape index (κ2) is 16.2. The van der Waals surface area contributed by atoms with Gasteiger partial charge >= 0.3 is 5.97 Å². The summed E-state index contributed by atoms with van der Waals surface area (Å²) in [5, 5.41) is 45.9. The molecule has 0 saturated carbocycles. The van der Waals surface area contributed by atoms with Crippen molar-refractivity contribution < 1.29 is 49.0 Å². The largest absolute Gasteiger partial charge is 0.459 e. The van der Waals surface area contributed by atoms with Crippen LogP contribution in [0.3, 0.4) is 0 Å². The van der Waals surface area contributed by atoms with Crippen molar-refractivity contribution in [2.75, 3.05) is 14.2 Å². The molecule has 268 valence electrons. The quantitative estimate of drug-likeness (QED) is 0.318. The molecule has 2 fully saturated rings. The second-order valence-corrected chi connectivity index (χ2v) is 14.5. The van der Waals surface area contributed by atoms with Crippen LogP contribution in [-0.2, 0) is 35.1 Å². The molecule has 0 amide bonds. The zero-order valence-corrected chi connectivity index (χ0v) is 29.8. The SMILES string of the molecule is CC[C@H]1OC(=O)[C@H](C)[C@@H](O)[C@H](C)[C@@H](O[C@@H]2O[C@H](C)C[C@H](N(C)Cc3ccccc3)[C@H]2O)[C@@](C)(OC)C[C@@H](C)C(=O)[C@H](C)[C@@H](O)[C@]1(C)O. The van der Waals surface area contributed by atoms with Gasteiger partial charge in [-0.25, -0.2) is 0 Å².